The lowest BCUT2D eigenvalue weighted by molar-refractivity contribution is -0.148. The molecule has 0 saturated heterocycles. The quantitative estimate of drug-likeness (QED) is 0.0265. The number of aliphatic carboxylic acids is 2. The first-order valence-corrected chi connectivity index (χ1v) is 14.4. The molecule has 1 rings (SSSR count). The van der Waals surface area contributed by atoms with Gasteiger partial charge in [-0.1, -0.05) is 35.4 Å². The molecule has 0 radical (unpaired) electrons. The van der Waals surface area contributed by atoms with Gasteiger partial charge in [-0.3, -0.25) is 33.6 Å². The summed E-state index contributed by atoms with van der Waals surface area (Å²) in [6.07, 6.45) is -2.47. The fraction of sp³-hybridized carbons (Fsp3) is 0.536. The molecule has 1 aromatic rings. The number of esters is 1. The SMILES string of the molecule is CC(=O)N[C@@H](CCC(=O)O)C(=O)N[C@@H](CC(=O)OCc1ccccc1)C(=O)N[C@@H](CC(=O)O)C(=O)NCCOCCOCCN=[N+]=[N-]. The molecule has 0 fully saturated rings. The molecule has 1 aromatic carbocycles. The maximum absolute atomic E-state index is 13.3. The van der Waals surface area contributed by atoms with Crippen LogP contribution in [0.2, 0.25) is 0 Å². The summed E-state index contributed by atoms with van der Waals surface area (Å²) in [5, 5.41) is 30.8. The fourth-order valence-electron chi connectivity index (χ4n) is 3.73. The molecule has 0 saturated carbocycles. The number of hydrogen-bond acceptors (Lipinski definition) is 11. The van der Waals surface area contributed by atoms with E-state index in [4.69, 9.17) is 24.8 Å². The number of carbonyl (C=O) groups excluding carboxylic acids is 5. The molecule has 19 nitrogen and oxygen atoms in total. The van der Waals surface area contributed by atoms with Crippen LogP contribution in [-0.2, 0) is 54.4 Å². The van der Waals surface area contributed by atoms with Crippen LogP contribution >= 0.6 is 0 Å². The third-order valence-corrected chi connectivity index (χ3v) is 5.92. The van der Waals surface area contributed by atoms with Gasteiger partial charge in [0.05, 0.1) is 39.3 Å². The van der Waals surface area contributed by atoms with Gasteiger partial charge in [-0.2, -0.15) is 0 Å². The van der Waals surface area contributed by atoms with Gasteiger partial charge in [0.2, 0.25) is 23.6 Å². The zero-order chi connectivity index (χ0) is 35.0. The van der Waals surface area contributed by atoms with Crippen LogP contribution in [0.15, 0.2) is 35.4 Å². The van der Waals surface area contributed by atoms with Crippen molar-refractivity contribution < 1.29 is 58.0 Å². The molecule has 0 spiro atoms. The fourth-order valence-corrected chi connectivity index (χ4v) is 3.73. The lowest BCUT2D eigenvalue weighted by atomic mass is 10.1. The van der Waals surface area contributed by atoms with E-state index in [0.717, 1.165) is 6.92 Å². The van der Waals surface area contributed by atoms with Crippen LogP contribution in [0.5, 0.6) is 0 Å². The summed E-state index contributed by atoms with van der Waals surface area (Å²) in [6, 6.07) is 3.80. The Morgan fingerprint density at radius 2 is 1.43 bits per heavy atom. The van der Waals surface area contributed by atoms with E-state index in [1.807, 2.05) is 0 Å². The zero-order valence-electron chi connectivity index (χ0n) is 25.7. The summed E-state index contributed by atoms with van der Waals surface area (Å²) < 4.78 is 15.6. The van der Waals surface area contributed by atoms with Crippen molar-refractivity contribution in [3.05, 3.63) is 46.3 Å². The van der Waals surface area contributed by atoms with Crippen molar-refractivity contribution in [2.24, 2.45) is 5.11 Å². The second-order valence-corrected chi connectivity index (χ2v) is 9.73. The lowest BCUT2D eigenvalue weighted by Gasteiger charge is -2.24. The predicted molar refractivity (Wildman–Crippen MR) is 160 cm³/mol. The number of carboxylic acid groups (broad SMARTS) is 2. The van der Waals surface area contributed by atoms with Crippen molar-refractivity contribution in [1.29, 1.82) is 0 Å². The highest BCUT2D eigenvalue weighted by Gasteiger charge is 2.32. The van der Waals surface area contributed by atoms with Gasteiger partial charge in [0, 0.05) is 31.3 Å². The number of hydrogen-bond donors (Lipinski definition) is 6. The Hall–Kier alpha value is -5.26. The monoisotopic (exact) mass is 665 g/mol. The second-order valence-electron chi connectivity index (χ2n) is 9.73. The first-order valence-electron chi connectivity index (χ1n) is 14.4. The van der Waals surface area contributed by atoms with Gasteiger partial charge in [0.1, 0.15) is 24.7 Å². The maximum Gasteiger partial charge on any atom is 0.308 e. The Balaban J connectivity index is 2.94. The van der Waals surface area contributed by atoms with Crippen LogP contribution in [0.25, 0.3) is 10.4 Å². The minimum atomic E-state index is -1.71. The summed E-state index contributed by atoms with van der Waals surface area (Å²) in [5.41, 5.74) is 8.83. The van der Waals surface area contributed by atoms with Crippen LogP contribution in [-0.4, -0.2) is 109 Å². The predicted octanol–water partition coefficient (Wildman–Crippen LogP) is -0.607. The third kappa shape index (κ3) is 19.0. The van der Waals surface area contributed by atoms with Crippen molar-refractivity contribution in [1.82, 2.24) is 21.3 Å². The number of amides is 4. The highest BCUT2D eigenvalue weighted by Crippen LogP contribution is 2.06. The van der Waals surface area contributed by atoms with E-state index in [0.29, 0.717) is 5.56 Å². The molecular formula is C28H39N7O12. The summed E-state index contributed by atoms with van der Waals surface area (Å²) >= 11 is 0. The number of nitrogens with one attached hydrogen (secondary N) is 4. The number of ether oxygens (including phenoxy) is 3. The van der Waals surface area contributed by atoms with E-state index < -0.39 is 78.9 Å². The van der Waals surface area contributed by atoms with E-state index in [2.05, 4.69) is 31.3 Å². The zero-order valence-corrected chi connectivity index (χ0v) is 25.7. The highest BCUT2D eigenvalue weighted by atomic mass is 16.5. The highest BCUT2D eigenvalue weighted by molar-refractivity contribution is 5.96. The van der Waals surface area contributed by atoms with Crippen molar-refractivity contribution in [2.45, 2.75) is 57.3 Å². The molecule has 4 amide bonds. The van der Waals surface area contributed by atoms with E-state index in [9.17, 15) is 38.7 Å². The molecule has 0 bridgehead atoms. The molecule has 47 heavy (non-hydrogen) atoms. The largest absolute Gasteiger partial charge is 0.481 e. The van der Waals surface area contributed by atoms with Gasteiger partial charge in [0.25, 0.3) is 0 Å². The molecule has 0 aliphatic heterocycles. The normalized spacial score (nSPS) is 12.3. The summed E-state index contributed by atoms with van der Waals surface area (Å²) in [6.45, 7) is 1.55. The van der Waals surface area contributed by atoms with Crippen molar-refractivity contribution >= 4 is 41.5 Å². The van der Waals surface area contributed by atoms with Crippen LogP contribution in [0.4, 0.5) is 0 Å². The number of nitrogens with zero attached hydrogens (tertiary/aromatic N) is 3. The van der Waals surface area contributed by atoms with Crippen LogP contribution < -0.4 is 21.3 Å². The number of azide groups is 1. The number of benzene rings is 1. The molecule has 6 N–H and O–H groups in total. The van der Waals surface area contributed by atoms with Gasteiger partial charge in [-0.15, -0.1) is 0 Å². The third-order valence-electron chi connectivity index (χ3n) is 5.92. The Bertz CT molecular complexity index is 1260. The van der Waals surface area contributed by atoms with E-state index in [1.165, 1.54) is 0 Å². The average molecular weight is 666 g/mol. The van der Waals surface area contributed by atoms with Gasteiger partial charge in [-0.05, 0) is 17.5 Å². The topological polar surface area (TPSA) is 285 Å². The van der Waals surface area contributed by atoms with Gasteiger partial charge in [0.15, 0.2) is 0 Å². The Kier molecular flexibility index (Phi) is 19.6. The molecule has 19 heteroatoms. The summed E-state index contributed by atoms with van der Waals surface area (Å²) in [4.78, 5) is 88.5. The summed E-state index contributed by atoms with van der Waals surface area (Å²) in [7, 11) is 0. The maximum atomic E-state index is 13.3. The Labute approximate surface area is 269 Å². The molecule has 0 heterocycles. The first kappa shape index (κ1) is 39.8. The number of carbonyl (C=O) groups is 7. The van der Waals surface area contributed by atoms with Crippen LogP contribution in [0.1, 0.15) is 38.2 Å². The van der Waals surface area contributed by atoms with Crippen molar-refractivity contribution in [3.63, 3.8) is 0 Å². The molecule has 0 aromatic heterocycles. The van der Waals surface area contributed by atoms with E-state index in [-0.39, 0.29) is 52.5 Å². The molecule has 0 aliphatic rings. The van der Waals surface area contributed by atoms with Crippen molar-refractivity contribution in [3.8, 4) is 0 Å². The smallest absolute Gasteiger partial charge is 0.308 e. The standard InChI is InChI=1S/C28H39N7O12/c1-18(36)32-20(7-8-23(37)38)27(43)34-22(16-25(41)47-17-19-5-3-2-4-6-19)28(44)33-21(15-24(39)40)26(42)30-9-11-45-13-14-46-12-10-31-35-29/h2-6,20-22H,7-17H2,1H3,(H,30,42)(H,32,36)(H,33,44)(H,34,43)(H,37,38)(H,39,40)/t20-,21-,22-/m0/s1. The molecule has 0 unspecified atom stereocenters. The average Bonchev–Trinajstić information content (AvgIpc) is 3.02. The van der Waals surface area contributed by atoms with Crippen molar-refractivity contribution in [2.75, 3.05) is 39.5 Å². The van der Waals surface area contributed by atoms with Crippen LogP contribution in [0, 0.1) is 0 Å². The first-order chi connectivity index (χ1) is 22.4. The molecule has 258 valence electrons. The molecule has 3 atom stereocenters. The van der Waals surface area contributed by atoms with Gasteiger partial charge in [-0.25, -0.2) is 0 Å². The summed E-state index contributed by atoms with van der Waals surface area (Å²) in [5.74, 6) is -7.32. The Morgan fingerprint density at radius 3 is 2.02 bits per heavy atom. The number of carboxylic acids is 2. The van der Waals surface area contributed by atoms with Gasteiger partial charge < -0.3 is 45.7 Å². The van der Waals surface area contributed by atoms with E-state index in [1.54, 1.807) is 30.3 Å². The number of rotatable bonds is 24. The molecule has 0 aliphatic carbocycles. The minimum Gasteiger partial charge on any atom is -0.481 e. The molecular weight excluding hydrogens is 626 g/mol. The Morgan fingerprint density at radius 1 is 0.809 bits per heavy atom. The second kappa shape index (κ2) is 23.1. The van der Waals surface area contributed by atoms with Crippen LogP contribution in [0.3, 0.4) is 0 Å². The van der Waals surface area contributed by atoms with Gasteiger partial charge >= 0.3 is 17.9 Å². The lowest BCUT2D eigenvalue weighted by Crippen LogP contribution is -2.57. The van der Waals surface area contributed by atoms with E-state index >= 15 is 0 Å². The minimum absolute atomic E-state index is 0.00596.